The molecular formula is C38H31NO10S-2. The van der Waals surface area contributed by atoms with Crippen LogP contribution in [0.1, 0.15) is 76.4 Å². The molecule has 1 aliphatic rings. The summed E-state index contributed by atoms with van der Waals surface area (Å²) in [6.07, 6.45) is -0.501. The van der Waals surface area contributed by atoms with E-state index in [0.29, 0.717) is 22.3 Å². The maximum Gasteiger partial charge on any atom is 0.335 e. The summed E-state index contributed by atoms with van der Waals surface area (Å²) in [5.74, 6) is -3.79. The van der Waals surface area contributed by atoms with Crippen molar-refractivity contribution in [1.29, 1.82) is 0 Å². The highest BCUT2D eigenvalue weighted by Gasteiger charge is 2.21. The Morgan fingerprint density at radius 3 is 1.34 bits per heavy atom. The van der Waals surface area contributed by atoms with E-state index in [1.54, 1.807) is 31.2 Å². The smallest absolute Gasteiger partial charge is 0.335 e. The molecule has 5 aromatic rings. The van der Waals surface area contributed by atoms with E-state index >= 15 is 0 Å². The third-order valence-electron chi connectivity index (χ3n) is 8.74. The zero-order chi connectivity index (χ0) is 36.1. The van der Waals surface area contributed by atoms with Gasteiger partial charge in [-0.2, -0.15) is 0 Å². The lowest BCUT2D eigenvalue weighted by molar-refractivity contribution is -0.271. The number of nitrogens with one attached hydrogen (secondary N) is 1. The van der Waals surface area contributed by atoms with Gasteiger partial charge in [-0.1, -0.05) is 57.6 Å². The molecule has 12 heteroatoms. The van der Waals surface area contributed by atoms with Crippen LogP contribution in [0, 0.1) is 13.8 Å². The van der Waals surface area contributed by atoms with Gasteiger partial charge in [0.25, 0.3) is 10.0 Å². The van der Waals surface area contributed by atoms with Gasteiger partial charge in [-0.25, -0.2) is 18.0 Å². The highest BCUT2D eigenvalue weighted by molar-refractivity contribution is 7.92. The summed E-state index contributed by atoms with van der Waals surface area (Å²) in [6.45, 7) is 3.62. The van der Waals surface area contributed by atoms with Crippen molar-refractivity contribution in [1.82, 2.24) is 0 Å². The second-order valence-corrected chi connectivity index (χ2v) is 14.2. The largest absolute Gasteiger partial charge is 0.872 e. The Bertz CT molecular complexity index is 2330. The van der Waals surface area contributed by atoms with Gasteiger partial charge in [0.15, 0.2) is 0 Å². The van der Waals surface area contributed by atoms with Crippen LogP contribution >= 0.6 is 0 Å². The topological polar surface area (TPSA) is 207 Å². The van der Waals surface area contributed by atoms with Crippen LogP contribution in [0.3, 0.4) is 0 Å². The third-order valence-corrected chi connectivity index (χ3v) is 10.1. The Morgan fingerprint density at radius 2 is 0.940 bits per heavy atom. The van der Waals surface area contributed by atoms with Crippen LogP contribution in [0.5, 0.6) is 23.0 Å². The van der Waals surface area contributed by atoms with E-state index in [4.69, 9.17) is 0 Å². The first-order chi connectivity index (χ1) is 23.6. The number of carboxylic acids is 2. The molecule has 6 rings (SSSR count). The number of benzene rings is 5. The first kappa shape index (κ1) is 33.9. The number of hydrogen-bond acceptors (Lipinski definition) is 8. The first-order valence-corrected chi connectivity index (χ1v) is 17.0. The van der Waals surface area contributed by atoms with Gasteiger partial charge in [-0.15, -0.1) is 11.5 Å². The lowest BCUT2D eigenvalue weighted by atomic mass is 9.89. The normalized spacial score (nSPS) is 12.7. The number of rotatable bonds is 5. The van der Waals surface area contributed by atoms with Crippen LogP contribution in [0.15, 0.2) is 77.7 Å². The van der Waals surface area contributed by atoms with Crippen LogP contribution < -0.4 is 14.9 Å². The molecule has 256 valence electrons. The van der Waals surface area contributed by atoms with Gasteiger partial charge in [0, 0.05) is 42.5 Å². The summed E-state index contributed by atoms with van der Waals surface area (Å²) in [6, 6.07) is 16.5. The molecule has 8 bridgehead atoms. The summed E-state index contributed by atoms with van der Waals surface area (Å²) in [4.78, 5) is 23.2. The Kier molecular flexibility index (Phi) is 8.66. The monoisotopic (exact) mass is 693 g/mol. The maximum absolute atomic E-state index is 13.9. The van der Waals surface area contributed by atoms with Crippen molar-refractivity contribution in [3.63, 3.8) is 0 Å². The molecule has 0 radical (unpaired) electrons. The highest BCUT2D eigenvalue weighted by atomic mass is 32.2. The fraction of sp³-hybridized carbons (Fsp3) is 0.158. The van der Waals surface area contributed by atoms with Gasteiger partial charge in [0.1, 0.15) is 11.5 Å². The molecule has 0 heterocycles. The number of carboxylic acid groups (broad SMARTS) is 2. The second kappa shape index (κ2) is 12.8. The van der Waals surface area contributed by atoms with Crippen molar-refractivity contribution < 1.29 is 48.6 Å². The van der Waals surface area contributed by atoms with Crippen LogP contribution in [0.4, 0.5) is 5.69 Å². The number of aryl methyl sites for hydroxylation is 2. The van der Waals surface area contributed by atoms with Crippen molar-refractivity contribution >= 4 is 27.6 Å². The number of carbonyl (C=O) groups is 2. The van der Waals surface area contributed by atoms with Crippen LogP contribution in [-0.4, -0.2) is 40.8 Å². The number of phenols is 2. The van der Waals surface area contributed by atoms with Gasteiger partial charge < -0.3 is 30.6 Å². The Hall–Kier alpha value is -6.01. The predicted molar refractivity (Wildman–Crippen MR) is 180 cm³/mol. The fourth-order valence-electron chi connectivity index (χ4n) is 6.44. The Morgan fingerprint density at radius 1 is 0.580 bits per heavy atom. The van der Waals surface area contributed by atoms with E-state index in [-0.39, 0.29) is 86.9 Å². The molecule has 50 heavy (non-hydrogen) atoms. The SMILES string of the molecule is Cc1cc2c([O-])c(c1)Cc1cc(NS(=O)(=O)c3ccc(C(=O)O)cc3)cc(c1O)Cc1cc(C(=O)O)cc(c1[O-])Cc1cc(C)cc(c1O)C2. The first-order valence-electron chi connectivity index (χ1n) is 15.5. The van der Waals surface area contributed by atoms with Gasteiger partial charge in [0.2, 0.25) is 0 Å². The molecule has 1 aliphatic carbocycles. The number of aromatic hydroxyl groups is 2. The molecule has 0 saturated heterocycles. The minimum absolute atomic E-state index is 0.00670. The predicted octanol–water partition coefficient (Wildman–Crippen LogP) is 4.74. The summed E-state index contributed by atoms with van der Waals surface area (Å²) in [5, 5.41) is 69.7. The van der Waals surface area contributed by atoms with Crippen molar-refractivity contribution in [2.45, 2.75) is 44.4 Å². The zero-order valence-corrected chi connectivity index (χ0v) is 27.7. The molecule has 0 aliphatic heterocycles. The van der Waals surface area contributed by atoms with Gasteiger partial charge >= 0.3 is 11.9 Å². The van der Waals surface area contributed by atoms with Crippen molar-refractivity contribution in [3.05, 3.63) is 140 Å². The molecule has 5 aromatic carbocycles. The van der Waals surface area contributed by atoms with E-state index in [1.165, 1.54) is 24.3 Å². The third kappa shape index (κ3) is 6.65. The van der Waals surface area contributed by atoms with Gasteiger partial charge in [0.05, 0.1) is 16.0 Å². The molecule has 0 atom stereocenters. The fourth-order valence-corrected chi connectivity index (χ4v) is 7.48. The number of fused-ring (bicyclic) bond motifs is 8. The summed E-state index contributed by atoms with van der Waals surface area (Å²) in [5.41, 5.74) is 3.01. The van der Waals surface area contributed by atoms with E-state index in [2.05, 4.69) is 4.72 Å². The van der Waals surface area contributed by atoms with Gasteiger partial charge in [-0.3, -0.25) is 4.72 Å². The lowest BCUT2D eigenvalue weighted by Gasteiger charge is -2.25. The summed E-state index contributed by atoms with van der Waals surface area (Å²) < 4.78 is 29.3. The van der Waals surface area contributed by atoms with Crippen molar-refractivity contribution in [3.8, 4) is 23.0 Å². The van der Waals surface area contributed by atoms with Crippen LogP contribution in [0.2, 0.25) is 0 Å². The Balaban J connectivity index is 1.56. The number of sulfonamides is 1. The van der Waals surface area contributed by atoms with Crippen LogP contribution in [0.25, 0.3) is 0 Å². The number of phenolic OH excluding ortho intramolecular Hbond substituents is 2. The quantitative estimate of drug-likeness (QED) is 0.157. The van der Waals surface area contributed by atoms with E-state index in [0.717, 1.165) is 35.4 Å². The maximum atomic E-state index is 13.9. The van der Waals surface area contributed by atoms with E-state index in [1.807, 2.05) is 6.92 Å². The lowest BCUT2D eigenvalue weighted by Crippen LogP contribution is -2.14. The number of aromatic carboxylic acids is 2. The molecule has 5 N–H and O–H groups in total. The molecule has 0 aromatic heterocycles. The molecule has 11 nitrogen and oxygen atoms in total. The number of anilines is 1. The standard InChI is InChI=1S/C38H33NO10S/c1-19-7-22-11-23-8-20(2)10-25(34(23)41)13-28-17-31(39-50(48,49)32-5-3-21(4-6-32)37(44)45)18-29(36(28)43)14-27-16-30(38(46)47)15-26(35(27)42)12-24(9-19)33(22)40/h3-10,15-18,39-43H,11-14H2,1-2H3,(H,44,45)(H,46,47)/p-2. The minimum Gasteiger partial charge on any atom is -0.872 e. The Labute approximate surface area is 287 Å². The molecule has 0 fully saturated rings. The highest BCUT2D eigenvalue weighted by Crippen LogP contribution is 2.39. The molecule has 0 spiro atoms. The summed E-state index contributed by atoms with van der Waals surface area (Å²) in [7, 11) is -4.29. The van der Waals surface area contributed by atoms with E-state index < -0.39 is 27.7 Å². The molecule has 0 amide bonds. The average molecular weight is 694 g/mol. The zero-order valence-electron chi connectivity index (χ0n) is 26.9. The van der Waals surface area contributed by atoms with Crippen molar-refractivity contribution in [2.75, 3.05) is 4.72 Å². The van der Waals surface area contributed by atoms with Crippen LogP contribution in [-0.2, 0) is 35.7 Å². The van der Waals surface area contributed by atoms with E-state index in [9.17, 15) is 48.6 Å². The minimum atomic E-state index is -4.29. The molecule has 0 saturated carbocycles. The van der Waals surface area contributed by atoms with Crippen molar-refractivity contribution in [2.24, 2.45) is 0 Å². The number of hydrogen-bond donors (Lipinski definition) is 5. The molecular weight excluding hydrogens is 662 g/mol. The second-order valence-electron chi connectivity index (χ2n) is 12.6. The summed E-state index contributed by atoms with van der Waals surface area (Å²) >= 11 is 0. The average Bonchev–Trinajstić information content (AvgIpc) is 3.04. The molecule has 0 unspecified atom stereocenters. The van der Waals surface area contributed by atoms with Gasteiger partial charge in [-0.05, 0) is 73.5 Å².